The lowest BCUT2D eigenvalue weighted by molar-refractivity contribution is 0.206. The first-order valence-electron chi connectivity index (χ1n) is 8.69. The van der Waals surface area contributed by atoms with Gasteiger partial charge in [0.2, 0.25) is 0 Å². The van der Waals surface area contributed by atoms with E-state index in [1.54, 1.807) is 18.0 Å². The zero-order valence-electron chi connectivity index (χ0n) is 14.4. The zero-order chi connectivity index (χ0) is 16.9. The van der Waals surface area contributed by atoms with Crippen LogP contribution in [0, 0.1) is 0 Å². The van der Waals surface area contributed by atoms with Crippen molar-refractivity contribution in [2.75, 3.05) is 12.4 Å². The fraction of sp³-hybridized carbons (Fsp3) is 0.474. The number of nitrogens with one attached hydrogen (secondary N) is 1. The molecule has 2 amide bonds. The Labute approximate surface area is 143 Å². The molecule has 1 saturated carbocycles. The normalized spacial score (nSPS) is 16.6. The van der Waals surface area contributed by atoms with Crippen molar-refractivity contribution in [2.24, 2.45) is 0 Å². The highest BCUT2D eigenvalue weighted by atomic mass is 16.5. The van der Waals surface area contributed by atoms with Crippen LogP contribution in [0.2, 0.25) is 0 Å². The summed E-state index contributed by atoms with van der Waals surface area (Å²) in [5.74, 6) is 0.679. The second kappa shape index (κ2) is 7.51. The summed E-state index contributed by atoms with van der Waals surface area (Å²) in [6.07, 6.45) is 8.09. The van der Waals surface area contributed by atoms with Crippen LogP contribution in [0.25, 0.3) is 0 Å². The Hall–Kier alpha value is -2.30. The summed E-state index contributed by atoms with van der Waals surface area (Å²) in [7, 11) is 1.76. The smallest absolute Gasteiger partial charge is 0.322 e. The van der Waals surface area contributed by atoms with E-state index in [4.69, 9.17) is 4.52 Å². The number of amides is 2. The summed E-state index contributed by atoms with van der Waals surface area (Å²) >= 11 is 0. The quantitative estimate of drug-likeness (QED) is 0.864. The lowest BCUT2D eigenvalue weighted by Gasteiger charge is -2.24. The van der Waals surface area contributed by atoms with Gasteiger partial charge < -0.3 is 14.7 Å². The van der Waals surface area contributed by atoms with Crippen molar-refractivity contribution in [1.29, 1.82) is 0 Å². The second-order valence-corrected chi connectivity index (χ2v) is 6.60. The SMILES string of the molecule is CC(c1ccon1)N(C)C(=O)Nc1ccc(C2CCCCC2)cc1. The van der Waals surface area contributed by atoms with E-state index >= 15 is 0 Å². The molecule has 2 aromatic rings. The highest BCUT2D eigenvalue weighted by Gasteiger charge is 2.20. The maximum absolute atomic E-state index is 12.4. The van der Waals surface area contributed by atoms with Gasteiger partial charge in [0.25, 0.3) is 0 Å². The van der Waals surface area contributed by atoms with E-state index < -0.39 is 0 Å². The van der Waals surface area contributed by atoms with Crippen LogP contribution in [0.15, 0.2) is 41.1 Å². The second-order valence-electron chi connectivity index (χ2n) is 6.60. The van der Waals surface area contributed by atoms with Gasteiger partial charge in [0.15, 0.2) is 0 Å². The summed E-state index contributed by atoms with van der Waals surface area (Å²) < 4.78 is 4.85. The number of carbonyl (C=O) groups is 1. The molecule has 5 heteroatoms. The van der Waals surface area contributed by atoms with Crippen molar-refractivity contribution < 1.29 is 9.32 Å². The zero-order valence-corrected chi connectivity index (χ0v) is 14.4. The highest BCUT2D eigenvalue weighted by molar-refractivity contribution is 5.89. The Balaban J connectivity index is 1.59. The number of aromatic nitrogens is 1. The molecule has 5 nitrogen and oxygen atoms in total. The molecule has 1 heterocycles. The number of anilines is 1. The topological polar surface area (TPSA) is 58.4 Å². The van der Waals surface area contributed by atoms with Crippen LogP contribution in [0.4, 0.5) is 10.5 Å². The van der Waals surface area contributed by atoms with E-state index in [9.17, 15) is 4.79 Å². The first kappa shape index (κ1) is 16.6. The van der Waals surface area contributed by atoms with Gasteiger partial charge in [-0.25, -0.2) is 4.79 Å². The molecule has 128 valence electrons. The van der Waals surface area contributed by atoms with Crippen LogP contribution >= 0.6 is 0 Å². The van der Waals surface area contributed by atoms with Gasteiger partial charge in [0, 0.05) is 18.8 Å². The van der Waals surface area contributed by atoms with Gasteiger partial charge in [-0.15, -0.1) is 0 Å². The van der Waals surface area contributed by atoms with Gasteiger partial charge in [-0.05, 0) is 43.4 Å². The van der Waals surface area contributed by atoms with E-state index in [1.807, 2.05) is 19.1 Å². The van der Waals surface area contributed by atoms with Gasteiger partial charge in [-0.2, -0.15) is 0 Å². The lowest BCUT2D eigenvalue weighted by Crippen LogP contribution is -2.33. The largest absolute Gasteiger partial charge is 0.364 e. The van der Waals surface area contributed by atoms with Crippen molar-refractivity contribution in [2.45, 2.75) is 51.0 Å². The Morgan fingerprint density at radius 2 is 1.92 bits per heavy atom. The third kappa shape index (κ3) is 3.78. The molecule has 1 aromatic heterocycles. The number of hydrogen-bond acceptors (Lipinski definition) is 3. The number of hydrogen-bond donors (Lipinski definition) is 1. The molecule has 24 heavy (non-hydrogen) atoms. The van der Waals surface area contributed by atoms with Gasteiger partial charge in [0.1, 0.15) is 12.0 Å². The van der Waals surface area contributed by atoms with Crippen LogP contribution in [0.1, 0.15) is 62.2 Å². The molecule has 3 rings (SSSR count). The fourth-order valence-electron chi connectivity index (χ4n) is 3.30. The summed E-state index contributed by atoms with van der Waals surface area (Å²) in [5, 5.41) is 6.84. The van der Waals surface area contributed by atoms with E-state index in [0.29, 0.717) is 5.92 Å². The summed E-state index contributed by atoms with van der Waals surface area (Å²) in [6, 6.07) is 9.75. The third-order valence-corrected chi connectivity index (χ3v) is 5.03. The Kier molecular flexibility index (Phi) is 5.18. The van der Waals surface area contributed by atoms with Crippen LogP contribution in [0.3, 0.4) is 0 Å². The minimum atomic E-state index is -0.157. The summed E-state index contributed by atoms with van der Waals surface area (Å²) in [4.78, 5) is 14.0. The van der Waals surface area contributed by atoms with Crippen LogP contribution in [-0.4, -0.2) is 23.1 Å². The molecule has 0 spiro atoms. The molecule has 1 N–H and O–H groups in total. The van der Waals surface area contributed by atoms with Crippen LogP contribution < -0.4 is 5.32 Å². The molecular formula is C19H25N3O2. The highest BCUT2D eigenvalue weighted by Crippen LogP contribution is 2.33. The molecule has 1 unspecified atom stereocenters. The number of carbonyl (C=O) groups excluding carboxylic acids is 1. The van der Waals surface area contributed by atoms with E-state index in [0.717, 1.165) is 11.4 Å². The number of nitrogens with zero attached hydrogens (tertiary/aromatic N) is 2. The molecule has 0 aliphatic heterocycles. The predicted molar refractivity (Wildman–Crippen MR) is 94.0 cm³/mol. The van der Waals surface area contributed by atoms with Gasteiger partial charge in [0.05, 0.1) is 6.04 Å². The first-order chi connectivity index (χ1) is 11.6. The number of benzene rings is 1. The van der Waals surface area contributed by atoms with Crippen molar-refractivity contribution in [3.8, 4) is 0 Å². The summed E-state index contributed by atoms with van der Waals surface area (Å²) in [6.45, 7) is 1.92. The molecule has 0 radical (unpaired) electrons. The minimum absolute atomic E-state index is 0.148. The Morgan fingerprint density at radius 3 is 2.54 bits per heavy atom. The van der Waals surface area contributed by atoms with E-state index in [1.165, 1.54) is 43.9 Å². The fourth-order valence-corrected chi connectivity index (χ4v) is 3.30. The van der Waals surface area contributed by atoms with Crippen molar-refractivity contribution >= 4 is 11.7 Å². The van der Waals surface area contributed by atoms with Crippen molar-refractivity contribution in [1.82, 2.24) is 10.1 Å². The first-order valence-corrected chi connectivity index (χ1v) is 8.69. The van der Waals surface area contributed by atoms with Crippen LogP contribution in [-0.2, 0) is 0 Å². The third-order valence-electron chi connectivity index (χ3n) is 5.03. The monoisotopic (exact) mass is 327 g/mol. The van der Waals surface area contributed by atoms with Gasteiger partial charge in [-0.3, -0.25) is 0 Å². The van der Waals surface area contributed by atoms with E-state index in [-0.39, 0.29) is 12.1 Å². The van der Waals surface area contributed by atoms with Gasteiger partial charge >= 0.3 is 6.03 Å². The molecule has 1 aliphatic rings. The molecule has 0 saturated heterocycles. The van der Waals surface area contributed by atoms with Gasteiger partial charge in [-0.1, -0.05) is 36.6 Å². The molecule has 1 fully saturated rings. The lowest BCUT2D eigenvalue weighted by atomic mass is 9.84. The van der Waals surface area contributed by atoms with Crippen LogP contribution in [0.5, 0.6) is 0 Å². The maximum atomic E-state index is 12.4. The van der Waals surface area contributed by atoms with Crippen molar-refractivity contribution in [3.63, 3.8) is 0 Å². The van der Waals surface area contributed by atoms with Crippen molar-refractivity contribution in [3.05, 3.63) is 47.9 Å². The standard InChI is InChI=1S/C19H25N3O2/c1-14(18-12-13-24-21-18)22(2)19(23)20-17-10-8-16(9-11-17)15-6-4-3-5-7-15/h8-15H,3-7H2,1-2H3,(H,20,23). The molecule has 0 bridgehead atoms. The number of urea groups is 1. The number of rotatable bonds is 4. The molecule has 1 aromatic carbocycles. The molecule has 1 atom stereocenters. The predicted octanol–water partition coefficient (Wildman–Crippen LogP) is 4.95. The Bertz CT molecular complexity index is 646. The van der Waals surface area contributed by atoms with E-state index in [2.05, 4.69) is 22.6 Å². The molecule has 1 aliphatic carbocycles. The Morgan fingerprint density at radius 1 is 1.21 bits per heavy atom. The molecular weight excluding hydrogens is 302 g/mol. The average molecular weight is 327 g/mol. The minimum Gasteiger partial charge on any atom is -0.364 e. The average Bonchev–Trinajstić information content (AvgIpc) is 3.16. The maximum Gasteiger partial charge on any atom is 0.322 e. The summed E-state index contributed by atoms with van der Waals surface area (Å²) in [5.41, 5.74) is 2.94.